The number of nitrogens with zero attached hydrogens (tertiary/aromatic N) is 1. The Balaban J connectivity index is 1.44. The number of fused-ring (bicyclic) bond motifs is 2. The number of aryl methyl sites for hydroxylation is 1. The fourth-order valence-corrected chi connectivity index (χ4v) is 3.73. The number of hydrogen-bond donors (Lipinski definition) is 2. The van der Waals surface area contributed by atoms with E-state index in [0.29, 0.717) is 18.6 Å². The molecule has 3 atom stereocenters. The van der Waals surface area contributed by atoms with Crippen molar-refractivity contribution in [3.8, 4) is 0 Å². The first kappa shape index (κ1) is 12.1. The van der Waals surface area contributed by atoms with Gasteiger partial charge in [-0.25, -0.2) is 4.98 Å². The Bertz CT molecular complexity index is 445. The van der Waals surface area contributed by atoms with Crippen molar-refractivity contribution in [3.05, 3.63) is 16.1 Å². The zero-order valence-electron chi connectivity index (χ0n) is 10.6. The molecular weight excluding hydrogens is 246 g/mol. The first-order valence-electron chi connectivity index (χ1n) is 6.67. The van der Waals surface area contributed by atoms with Crippen LogP contribution >= 0.6 is 11.3 Å². The van der Waals surface area contributed by atoms with Crippen LogP contribution in [0.15, 0.2) is 5.38 Å². The van der Waals surface area contributed by atoms with E-state index in [1.807, 2.05) is 6.92 Å². The topological polar surface area (TPSA) is 54.0 Å². The summed E-state index contributed by atoms with van der Waals surface area (Å²) < 4.78 is 0. The number of rotatable bonds is 4. The van der Waals surface area contributed by atoms with Crippen molar-refractivity contribution in [1.82, 2.24) is 15.6 Å². The number of carbonyl (C=O) groups excluding carboxylic acids is 1. The van der Waals surface area contributed by atoms with Crippen molar-refractivity contribution in [2.75, 3.05) is 6.54 Å². The highest BCUT2D eigenvalue weighted by molar-refractivity contribution is 7.09. The highest BCUT2D eigenvalue weighted by Crippen LogP contribution is 2.33. The van der Waals surface area contributed by atoms with Gasteiger partial charge in [0.15, 0.2) is 0 Å². The van der Waals surface area contributed by atoms with Crippen LogP contribution in [-0.4, -0.2) is 29.5 Å². The zero-order valence-corrected chi connectivity index (χ0v) is 11.4. The molecule has 0 aromatic carbocycles. The summed E-state index contributed by atoms with van der Waals surface area (Å²) in [7, 11) is 0. The summed E-state index contributed by atoms with van der Waals surface area (Å²) in [6, 6.07) is 1.02. The fourth-order valence-electron chi connectivity index (χ4n) is 3.08. The second kappa shape index (κ2) is 4.97. The smallest absolute Gasteiger partial charge is 0.224 e. The van der Waals surface area contributed by atoms with Crippen LogP contribution in [0.3, 0.4) is 0 Å². The summed E-state index contributed by atoms with van der Waals surface area (Å²) in [6.45, 7) is 2.71. The van der Waals surface area contributed by atoms with Crippen molar-refractivity contribution in [1.29, 1.82) is 0 Å². The summed E-state index contributed by atoms with van der Waals surface area (Å²) in [5, 5.41) is 9.71. The first-order valence-corrected chi connectivity index (χ1v) is 7.55. The molecule has 2 N–H and O–H groups in total. The predicted octanol–water partition coefficient (Wildman–Crippen LogP) is 1.25. The minimum atomic E-state index is 0.195. The molecule has 2 bridgehead atoms. The molecule has 3 rings (SSSR count). The van der Waals surface area contributed by atoms with Crippen molar-refractivity contribution < 1.29 is 4.79 Å². The van der Waals surface area contributed by atoms with Gasteiger partial charge in [-0.05, 0) is 26.2 Å². The van der Waals surface area contributed by atoms with Crippen LogP contribution in [0.1, 0.15) is 30.0 Å². The maximum atomic E-state index is 12.1. The minimum Gasteiger partial charge on any atom is -0.355 e. The molecule has 0 spiro atoms. The Morgan fingerprint density at radius 3 is 3.11 bits per heavy atom. The summed E-state index contributed by atoms with van der Waals surface area (Å²) in [4.78, 5) is 16.5. The Morgan fingerprint density at radius 1 is 1.61 bits per heavy atom. The van der Waals surface area contributed by atoms with E-state index < -0.39 is 0 Å². The second-order valence-electron chi connectivity index (χ2n) is 5.29. The number of nitrogens with one attached hydrogen (secondary N) is 2. The highest BCUT2D eigenvalue weighted by atomic mass is 32.1. The zero-order chi connectivity index (χ0) is 12.5. The molecule has 2 saturated heterocycles. The summed E-state index contributed by atoms with van der Waals surface area (Å²) in [6.07, 6.45) is 4.26. The fraction of sp³-hybridized carbons (Fsp3) is 0.692. The number of carbonyl (C=O) groups is 1. The lowest BCUT2D eigenvalue weighted by molar-refractivity contribution is -0.125. The average Bonchev–Trinajstić information content (AvgIpc) is 3.05. The standard InChI is InChI=1S/C13H19N3OS/c1-8-15-10(7-18-8)4-5-14-13(17)11-6-9-2-3-12(11)16-9/h7,9,11-12,16H,2-6H2,1H3,(H,14,17). The lowest BCUT2D eigenvalue weighted by atomic mass is 9.88. The Morgan fingerprint density at radius 2 is 2.50 bits per heavy atom. The SMILES string of the molecule is Cc1nc(CCNC(=O)C2CC3CCC2N3)cs1. The number of amides is 1. The van der Waals surface area contributed by atoms with Crippen molar-refractivity contribution in [2.24, 2.45) is 5.92 Å². The van der Waals surface area contributed by atoms with Gasteiger partial charge in [-0.2, -0.15) is 0 Å². The van der Waals surface area contributed by atoms with Gasteiger partial charge in [-0.3, -0.25) is 4.79 Å². The third-order valence-electron chi connectivity index (χ3n) is 3.98. The van der Waals surface area contributed by atoms with E-state index in [4.69, 9.17) is 0 Å². The van der Waals surface area contributed by atoms with Crippen LogP contribution in [0.2, 0.25) is 0 Å². The van der Waals surface area contributed by atoms with Gasteiger partial charge >= 0.3 is 0 Å². The lowest BCUT2D eigenvalue weighted by Crippen LogP contribution is -2.38. The van der Waals surface area contributed by atoms with Gasteiger partial charge in [-0.15, -0.1) is 11.3 Å². The van der Waals surface area contributed by atoms with Gasteiger partial charge in [-0.1, -0.05) is 0 Å². The van der Waals surface area contributed by atoms with Crippen LogP contribution in [-0.2, 0) is 11.2 Å². The van der Waals surface area contributed by atoms with Crippen molar-refractivity contribution in [3.63, 3.8) is 0 Å². The normalized spacial score (nSPS) is 29.7. The highest BCUT2D eigenvalue weighted by Gasteiger charge is 2.42. The molecule has 0 saturated carbocycles. The van der Waals surface area contributed by atoms with Gasteiger partial charge in [0.2, 0.25) is 5.91 Å². The molecule has 2 fully saturated rings. The molecular formula is C13H19N3OS. The monoisotopic (exact) mass is 265 g/mol. The van der Waals surface area contributed by atoms with Crippen LogP contribution in [0.4, 0.5) is 0 Å². The van der Waals surface area contributed by atoms with E-state index in [1.54, 1.807) is 11.3 Å². The molecule has 3 unspecified atom stereocenters. The molecule has 1 aromatic rings. The minimum absolute atomic E-state index is 0.195. The lowest BCUT2D eigenvalue weighted by Gasteiger charge is -2.19. The largest absolute Gasteiger partial charge is 0.355 e. The molecule has 2 aliphatic heterocycles. The predicted molar refractivity (Wildman–Crippen MR) is 71.6 cm³/mol. The van der Waals surface area contributed by atoms with E-state index >= 15 is 0 Å². The maximum absolute atomic E-state index is 12.1. The van der Waals surface area contributed by atoms with Gasteiger partial charge in [0, 0.05) is 30.4 Å². The van der Waals surface area contributed by atoms with Crippen LogP contribution in [0, 0.1) is 12.8 Å². The Hall–Kier alpha value is -0.940. The second-order valence-corrected chi connectivity index (χ2v) is 6.35. The van der Waals surface area contributed by atoms with E-state index in [0.717, 1.165) is 30.0 Å². The molecule has 2 aliphatic rings. The third-order valence-corrected chi connectivity index (χ3v) is 4.81. The first-order chi connectivity index (χ1) is 8.72. The maximum Gasteiger partial charge on any atom is 0.224 e. The van der Waals surface area contributed by atoms with Gasteiger partial charge in [0.05, 0.1) is 16.6 Å². The van der Waals surface area contributed by atoms with Crippen molar-refractivity contribution in [2.45, 2.75) is 44.7 Å². The molecule has 4 nitrogen and oxygen atoms in total. The van der Waals surface area contributed by atoms with Crippen LogP contribution in [0.25, 0.3) is 0 Å². The Kier molecular flexibility index (Phi) is 3.35. The molecule has 3 heterocycles. The number of hydrogen-bond acceptors (Lipinski definition) is 4. The number of thiazole rings is 1. The average molecular weight is 265 g/mol. The molecule has 18 heavy (non-hydrogen) atoms. The van der Waals surface area contributed by atoms with E-state index in [9.17, 15) is 4.79 Å². The summed E-state index contributed by atoms with van der Waals surface area (Å²) in [5.74, 6) is 0.419. The number of aromatic nitrogens is 1. The molecule has 98 valence electrons. The summed E-state index contributed by atoms with van der Waals surface area (Å²) in [5.41, 5.74) is 1.09. The van der Waals surface area contributed by atoms with Crippen LogP contribution < -0.4 is 10.6 Å². The Labute approximate surface area is 111 Å². The van der Waals surface area contributed by atoms with E-state index in [2.05, 4.69) is 21.0 Å². The van der Waals surface area contributed by atoms with Gasteiger partial charge in [0.1, 0.15) is 0 Å². The van der Waals surface area contributed by atoms with Crippen molar-refractivity contribution >= 4 is 17.2 Å². The van der Waals surface area contributed by atoms with E-state index in [1.165, 1.54) is 6.42 Å². The molecule has 1 amide bonds. The molecule has 5 heteroatoms. The summed E-state index contributed by atoms with van der Waals surface area (Å²) >= 11 is 1.66. The molecule has 1 aromatic heterocycles. The van der Waals surface area contributed by atoms with E-state index in [-0.39, 0.29) is 11.8 Å². The third kappa shape index (κ3) is 2.42. The van der Waals surface area contributed by atoms with Gasteiger partial charge < -0.3 is 10.6 Å². The molecule has 0 radical (unpaired) electrons. The van der Waals surface area contributed by atoms with Crippen LogP contribution in [0.5, 0.6) is 0 Å². The quantitative estimate of drug-likeness (QED) is 0.861. The van der Waals surface area contributed by atoms with Gasteiger partial charge in [0.25, 0.3) is 0 Å². The molecule has 0 aliphatic carbocycles.